The third-order valence-electron chi connectivity index (χ3n) is 5.42. The Balaban J connectivity index is 1.59. The van der Waals surface area contributed by atoms with E-state index in [1.54, 1.807) is 31.2 Å². The molecule has 1 saturated heterocycles. The maximum absolute atomic E-state index is 12.6. The molecular formula is C25H29NO4. The van der Waals surface area contributed by atoms with Gasteiger partial charge in [-0.3, -0.25) is 9.59 Å². The first-order valence-electron chi connectivity index (χ1n) is 10.4. The van der Waals surface area contributed by atoms with Crippen molar-refractivity contribution < 1.29 is 19.1 Å². The van der Waals surface area contributed by atoms with Crippen LogP contribution in [0.2, 0.25) is 0 Å². The van der Waals surface area contributed by atoms with Crippen LogP contribution < -0.4 is 0 Å². The van der Waals surface area contributed by atoms with Crippen molar-refractivity contribution in [2.24, 2.45) is 0 Å². The molecule has 1 aliphatic rings. The van der Waals surface area contributed by atoms with Crippen molar-refractivity contribution in [3.05, 3.63) is 70.8 Å². The highest BCUT2D eigenvalue weighted by molar-refractivity contribution is 6.01. The Kier molecular flexibility index (Phi) is 6.40. The molecule has 5 heteroatoms. The number of likely N-dealkylation sites (tertiary alicyclic amines) is 1. The van der Waals surface area contributed by atoms with Crippen LogP contribution in [0.3, 0.4) is 0 Å². The number of ketones is 1. The predicted octanol–water partition coefficient (Wildman–Crippen LogP) is 4.53. The molecular weight excluding hydrogens is 378 g/mol. The molecule has 1 atom stereocenters. The molecule has 0 bridgehead atoms. The molecule has 0 saturated carbocycles. The Morgan fingerprint density at radius 2 is 1.60 bits per heavy atom. The summed E-state index contributed by atoms with van der Waals surface area (Å²) < 4.78 is 5.39. The summed E-state index contributed by atoms with van der Waals surface area (Å²) in [6, 6.07) is 14.4. The van der Waals surface area contributed by atoms with Gasteiger partial charge in [0.1, 0.15) is 0 Å². The smallest absolute Gasteiger partial charge is 0.338 e. The fourth-order valence-corrected chi connectivity index (χ4v) is 3.49. The predicted molar refractivity (Wildman–Crippen MR) is 115 cm³/mol. The van der Waals surface area contributed by atoms with Gasteiger partial charge in [-0.25, -0.2) is 4.79 Å². The van der Waals surface area contributed by atoms with Gasteiger partial charge in [0, 0.05) is 25.1 Å². The summed E-state index contributed by atoms with van der Waals surface area (Å²) in [4.78, 5) is 38.6. The molecule has 158 valence electrons. The standard InChI is InChI=1S/C25H29NO4/c1-17(23(28)19-11-13-21(14-12-19)25(2,3)4)30-24(29)20-9-7-18(8-10-20)16-26-15-5-6-22(26)27/h7-14,17H,5-6,15-16H2,1-4H3/t17-/m1/s1. The zero-order valence-electron chi connectivity index (χ0n) is 18.1. The second-order valence-corrected chi connectivity index (χ2v) is 8.85. The number of carbonyl (C=O) groups is 3. The fourth-order valence-electron chi connectivity index (χ4n) is 3.49. The Hall–Kier alpha value is -2.95. The third-order valence-corrected chi connectivity index (χ3v) is 5.42. The number of ether oxygens (including phenoxy) is 1. The van der Waals surface area contributed by atoms with Gasteiger partial charge in [0.05, 0.1) is 5.56 Å². The number of hydrogen-bond donors (Lipinski definition) is 0. The Labute approximate surface area is 178 Å². The van der Waals surface area contributed by atoms with Crippen LogP contribution in [0.1, 0.15) is 72.4 Å². The number of amides is 1. The molecule has 0 radical (unpaired) electrons. The van der Waals surface area contributed by atoms with Gasteiger partial charge < -0.3 is 9.64 Å². The summed E-state index contributed by atoms with van der Waals surface area (Å²) >= 11 is 0. The van der Waals surface area contributed by atoms with Gasteiger partial charge in [0.25, 0.3) is 0 Å². The van der Waals surface area contributed by atoms with Crippen LogP contribution in [0.25, 0.3) is 0 Å². The molecule has 1 aliphatic heterocycles. The van der Waals surface area contributed by atoms with Crippen LogP contribution in [0.5, 0.6) is 0 Å². The highest BCUT2D eigenvalue weighted by Gasteiger charge is 2.22. The van der Waals surface area contributed by atoms with E-state index in [0.717, 1.165) is 24.1 Å². The molecule has 0 unspecified atom stereocenters. The largest absolute Gasteiger partial charge is 0.451 e. The Morgan fingerprint density at radius 1 is 1.00 bits per heavy atom. The molecule has 3 rings (SSSR count). The topological polar surface area (TPSA) is 63.7 Å². The fraction of sp³-hybridized carbons (Fsp3) is 0.400. The lowest BCUT2D eigenvalue weighted by Gasteiger charge is -2.19. The van der Waals surface area contributed by atoms with Crippen molar-refractivity contribution in [2.45, 2.75) is 58.6 Å². The average molecular weight is 408 g/mol. The summed E-state index contributed by atoms with van der Waals surface area (Å²) in [6.07, 6.45) is 0.628. The van der Waals surface area contributed by atoms with E-state index in [2.05, 4.69) is 20.8 Å². The number of benzene rings is 2. The molecule has 1 fully saturated rings. The van der Waals surface area contributed by atoms with E-state index >= 15 is 0 Å². The second kappa shape index (κ2) is 8.82. The SMILES string of the molecule is C[C@@H](OC(=O)c1ccc(CN2CCCC2=O)cc1)C(=O)c1ccc(C(C)(C)C)cc1. The summed E-state index contributed by atoms with van der Waals surface area (Å²) in [5.74, 6) is -0.597. The highest BCUT2D eigenvalue weighted by Crippen LogP contribution is 2.23. The molecule has 1 heterocycles. The van der Waals surface area contributed by atoms with E-state index in [-0.39, 0.29) is 17.1 Å². The quantitative estimate of drug-likeness (QED) is 0.521. The molecule has 30 heavy (non-hydrogen) atoms. The molecule has 0 aliphatic carbocycles. The number of nitrogens with zero attached hydrogens (tertiary/aromatic N) is 1. The van der Waals surface area contributed by atoms with Gasteiger partial charge in [-0.2, -0.15) is 0 Å². The van der Waals surface area contributed by atoms with Crippen LogP contribution in [0.15, 0.2) is 48.5 Å². The maximum atomic E-state index is 12.6. The minimum atomic E-state index is -0.875. The van der Waals surface area contributed by atoms with E-state index in [0.29, 0.717) is 24.1 Å². The van der Waals surface area contributed by atoms with Crippen LogP contribution in [0.4, 0.5) is 0 Å². The molecule has 0 N–H and O–H groups in total. The highest BCUT2D eigenvalue weighted by atomic mass is 16.5. The lowest BCUT2D eigenvalue weighted by molar-refractivity contribution is -0.128. The zero-order chi connectivity index (χ0) is 21.9. The Bertz CT molecular complexity index is 923. The van der Waals surface area contributed by atoms with Gasteiger partial charge in [0.2, 0.25) is 11.7 Å². The lowest BCUT2D eigenvalue weighted by atomic mass is 9.86. The molecule has 0 spiro atoms. The van der Waals surface area contributed by atoms with Crippen LogP contribution in [0, 0.1) is 0 Å². The summed E-state index contributed by atoms with van der Waals surface area (Å²) in [5, 5.41) is 0. The number of hydrogen-bond acceptors (Lipinski definition) is 4. The average Bonchev–Trinajstić information content (AvgIpc) is 3.11. The molecule has 5 nitrogen and oxygen atoms in total. The lowest BCUT2D eigenvalue weighted by Crippen LogP contribution is -2.25. The normalized spacial score (nSPS) is 15.2. The first kappa shape index (κ1) is 21.8. The number of esters is 1. The number of carbonyl (C=O) groups excluding carboxylic acids is 3. The summed E-state index contributed by atoms with van der Waals surface area (Å²) in [6.45, 7) is 9.26. The molecule has 0 aromatic heterocycles. The van der Waals surface area contributed by atoms with Crippen LogP contribution in [-0.4, -0.2) is 35.2 Å². The van der Waals surface area contributed by atoms with E-state index in [1.165, 1.54) is 0 Å². The van der Waals surface area contributed by atoms with Gasteiger partial charge in [-0.05, 0) is 42.0 Å². The monoisotopic (exact) mass is 407 g/mol. The summed E-state index contributed by atoms with van der Waals surface area (Å²) in [7, 11) is 0. The van der Waals surface area contributed by atoms with Crippen LogP contribution >= 0.6 is 0 Å². The van der Waals surface area contributed by atoms with E-state index in [9.17, 15) is 14.4 Å². The van der Waals surface area contributed by atoms with Crippen molar-refractivity contribution in [1.29, 1.82) is 0 Å². The van der Waals surface area contributed by atoms with Crippen molar-refractivity contribution in [2.75, 3.05) is 6.54 Å². The van der Waals surface area contributed by atoms with Crippen molar-refractivity contribution >= 4 is 17.7 Å². The minimum Gasteiger partial charge on any atom is -0.451 e. The van der Waals surface area contributed by atoms with Crippen molar-refractivity contribution in [3.63, 3.8) is 0 Å². The van der Waals surface area contributed by atoms with Crippen molar-refractivity contribution in [1.82, 2.24) is 4.90 Å². The second-order valence-electron chi connectivity index (χ2n) is 8.85. The Morgan fingerprint density at radius 3 is 2.13 bits per heavy atom. The van der Waals surface area contributed by atoms with E-state index in [4.69, 9.17) is 4.74 Å². The van der Waals surface area contributed by atoms with Crippen molar-refractivity contribution in [3.8, 4) is 0 Å². The third kappa shape index (κ3) is 5.15. The van der Waals surface area contributed by atoms with Gasteiger partial charge in [0.15, 0.2) is 6.10 Å². The van der Waals surface area contributed by atoms with E-state index < -0.39 is 12.1 Å². The first-order chi connectivity index (χ1) is 14.1. The van der Waals surface area contributed by atoms with Crippen LogP contribution in [-0.2, 0) is 21.5 Å². The molecule has 2 aromatic rings. The van der Waals surface area contributed by atoms with Gasteiger partial charge in [-0.15, -0.1) is 0 Å². The first-order valence-corrected chi connectivity index (χ1v) is 10.4. The number of Topliss-reactive ketones (excluding diaryl/α,β-unsaturated/α-hetero) is 1. The van der Waals surface area contributed by atoms with Gasteiger partial charge >= 0.3 is 5.97 Å². The number of rotatable bonds is 6. The summed E-state index contributed by atoms with van der Waals surface area (Å²) in [5.41, 5.74) is 3.01. The minimum absolute atomic E-state index is 0.00782. The van der Waals surface area contributed by atoms with Gasteiger partial charge in [-0.1, -0.05) is 57.2 Å². The van der Waals surface area contributed by atoms with E-state index in [1.807, 2.05) is 29.2 Å². The zero-order valence-corrected chi connectivity index (χ0v) is 18.1. The molecule has 1 amide bonds. The molecule has 2 aromatic carbocycles. The maximum Gasteiger partial charge on any atom is 0.338 e.